The minimum absolute atomic E-state index is 0.193. The minimum Gasteiger partial charge on any atom is -0.497 e. The molecule has 1 aromatic carbocycles. The largest absolute Gasteiger partial charge is 0.497 e. The van der Waals surface area contributed by atoms with E-state index in [0.29, 0.717) is 5.92 Å². The summed E-state index contributed by atoms with van der Waals surface area (Å²) in [6.07, 6.45) is 9.85. The molecule has 2 N–H and O–H groups in total. The summed E-state index contributed by atoms with van der Waals surface area (Å²) >= 11 is 0. The number of rotatable bonds is 3. The van der Waals surface area contributed by atoms with Crippen molar-refractivity contribution >= 4 is 0 Å². The van der Waals surface area contributed by atoms with Gasteiger partial charge < -0.3 is 10.5 Å². The molecule has 2 fully saturated rings. The van der Waals surface area contributed by atoms with Gasteiger partial charge >= 0.3 is 0 Å². The molecule has 2 heteroatoms. The van der Waals surface area contributed by atoms with Gasteiger partial charge in [-0.05, 0) is 67.2 Å². The van der Waals surface area contributed by atoms with Crippen LogP contribution in [-0.2, 0) is 0 Å². The Kier molecular flexibility index (Phi) is 4.54. The first-order valence-corrected chi connectivity index (χ1v) is 8.59. The number of nitrogens with two attached hydrogens (primary N) is 1. The number of ether oxygens (including phenoxy) is 1. The Bertz CT molecular complexity index is 484. The zero-order valence-corrected chi connectivity index (χ0v) is 13.5. The maximum absolute atomic E-state index is 6.64. The van der Waals surface area contributed by atoms with E-state index in [0.717, 1.165) is 17.6 Å². The maximum atomic E-state index is 6.64. The molecule has 2 nitrogen and oxygen atoms in total. The number of hydrogen-bond acceptors (Lipinski definition) is 2. The van der Waals surface area contributed by atoms with Crippen molar-refractivity contribution in [2.24, 2.45) is 23.5 Å². The summed E-state index contributed by atoms with van der Waals surface area (Å²) in [7, 11) is 1.72. The fourth-order valence-corrected chi connectivity index (χ4v) is 4.64. The van der Waals surface area contributed by atoms with Gasteiger partial charge in [-0.25, -0.2) is 0 Å². The molecule has 4 unspecified atom stereocenters. The van der Waals surface area contributed by atoms with Crippen LogP contribution in [0.4, 0.5) is 0 Å². The highest BCUT2D eigenvalue weighted by Crippen LogP contribution is 2.46. The molecule has 0 heterocycles. The molecule has 0 saturated heterocycles. The van der Waals surface area contributed by atoms with Crippen LogP contribution in [0.5, 0.6) is 5.75 Å². The first-order chi connectivity index (χ1) is 10.2. The second kappa shape index (κ2) is 6.39. The summed E-state index contributed by atoms with van der Waals surface area (Å²) in [4.78, 5) is 0. The van der Waals surface area contributed by atoms with Crippen LogP contribution in [-0.4, -0.2) is 7.11 Å². The SMILES string of the molecule is COc1ccc(C(N)C2CCC3CCCCC3C2)c(C)c1. The van der Waals surface area contributed by atoms with E-state index in [4.69, 9.17) is 10.5 Å². The van der Waals surface area contributed by atoms with E-state index < -0.39 is 0 Å². The molecule has 0 spiro atoms. The van der Waals surface area contributed by atoms with E-state index in [9.17, 15) is 0 Å². The summed E-state index contributed by atoms with van der Waals surface area (Å²) < 4.78 is 5.31. The average molecular weight is 287 g/mol. The molecule has 0 radical (unpaired) electrons. The zero-order valence-electron chi connectivity index (χ0n) is 13.5. The highest BCUT2D eigenvalue weighted by Gasteiger charge is 2.35. The molecule has 0 aliphatic heterocycles. The molecule has 0 bridgehead atoms. The summed E-state index contributed by atoms with van der Waals surface area (Å²) in [5.74, 6) is 3.54. The Morgan fingerprint density at radius 1 is 1.10 bits per heavy atom. The Morgan fingerprint density at radius 3 is 2.57 bits per heavy atom. The van der Waals surface area contributed by atoms with Crippen LogP contribution in [0.2, 0.25) is 0 Å². The molecule has 1 aromatic rings. The molecule has 4 atom stereocenters. The van der Waals surface area contributed by atoms with Gasteiger partial charge in [0.1, 0.15) is 5.75 Å². The Balaban J connectivity index is 1.71. The van der Waals surface area contributed by atoms with Crippen molar-refractivity contribution in [2.45, 2.75) is 57.9 Å². The lowest BCUT2D eigenvalue weighted by atomic mass is 9.65. The Labute approximate surface area is 129 Å². The first kappa shape index (κ1) is 14.9. The average Bonchev–Trinajstić information content (AvgIpc) is 2.53. The standard InChI is InChI=1S/C19H29NO/c1-13-11-17(21-2)9-10-18(13)19(20)16-8-7-14-5-3-4-6-15(14)12-16/h9-11,14-16,19H,3-8,12,20H2,1-2H3. The van der Waals surface area contributed by atoms with Crippen molar-refractivity contribution in [1.29, 1.82) is 0 Å². The van der Waals surface area contributed by atoms with Gasteiger partial charge in [0.15, 0.2) is 0 Å². The van der Waals surface area contributed by atoms with Crippen molar-refractivity contribution in [3.8, 4) is 5.75 Å². The predicted molar refractivity (Wildman–Crippen MR) is 87.4 cm³/mol. The van der Waals surface area contributed by atoms with Gasteiger partial charge in [0.25, 0.3) is 0 Å². The lowest BCUT2D eigenvalue weighted by Gasteiger charge is -2.41. The zero-order chi connectivity index (χ0) is 14.8. The third-order valence-corrected chi connectivity index (χ3v) is 5.92. The second-order valence-corrected chi connectivity index (χ2v) is 7.13. The van der Waals surface area contributed by atoms with Crippen LogP contribution in [0.25, 0.3) is 0 Å². The molecule has 21 heavy (non-hydrogen) atoms. The Morgan fingerprint density at radius 2 is 1.86 bits per heavy atom. The number of benzene rings is 1. The molecular weight excluding hydrogens is 258 g/mol. The first-order valence-electron chi connectivity index (χ1n) is 8.59. The van der Waals surface area contributed by atoms with Crippen LogP contribution < -0.4 is 10.5 Å². The number of hydrogen-bond donors (Lipinski definition) is 1. The fraction of sp³-hybridized carbons (Fsp3) is 0.684. The summed E-state index contributed by atoms with van der Waals surface area (Å²) in [6.45, 7) is 2.16. The lowest BCUT2D eigenvalue weighted by molar-refractivity contribution is 0.117. The number of fused-ring (bicyclic) bond motifs is 1. The lowest BCUT2D eigenvalue weighted by Crippen LogP contribution is -2.33. The highest BCUT2D eigenvalue weighted by atomic mass is 16.5. The third kappa shape index (κ3) is 3.11. The van der Waals surface area contributed by atoms with E-state index in [2.05, 4.69) is 25.1 Å². The van der Waals surface area contributed by atoms with Gasteiger partial charge in [-0.1, -0.05) is 31.7 Å². The van der Waals surface area contributed by atoms with Crippen LogP contribution in [0, 0.1) is 24.7 Å². The van der Waals surface area contributed by atoms with E-state index in [1.54, 1.807) is 7.11 Å². The summed E-state index contributed by atoms with van der Waals surface area (Å²) in [5, 5.41) is 0. The fourth-order valence-electron chi connectivity index (χ4n) is 4.64. The molecule has 2 saturated carbocycles. The van der Waals surface area contributed by atoms with Gasteiger partial charge in [0.05, 0.1) is 7.11 Å². The molecule has 2 aliphatic rings. The van der Waals surface area contributed by atoms with E-state index in [1.165, 1.54) is 56.1 Å². The van der Waals surface area contributed by atoms with E-state index in [-0.39, 0.29) is 6.04 Å². The van der Waals surface area contributed by atoms with E-state index >= 15 is 0 Å². The minimum atomic E-state index is 0.193. The van der Waals surface area contributed by atoms with Crippen molar-refractivity contribution in [2.75, 3.05) is 7.11 Å². The molecule has 2 aliphatic carbocycles. The van der Waals surface area contributed by atoms with Crippen LogP contribution in [0.1, 0.15) is 62.1 Å². The summed E-state index contributed by atoms with van der Waals surface area (Å²) in [6, 6.07) is 6.53. The van der Waals surface area contributed by atoms with Crippen LogP contribution >= 0.6 is 0 Å². The van der Waals surface area contributed by atoms with Crippen molar-refractivity contribution in [1.82, 2.24) is 0 Å². The van der Waals surface area contributed by atoms with Gasteiger partial charge in [-0.2, -0.15) is 0 Å². The third-order valence-electron chi connectivity index (χ3n) is 5.92. The van der Waals surface area contributed by atoms with Crippen molar-refractivity contribution in [3.05, 3.63) is 29.3 Å². The smallest absolute Gasteiger partial charge is 0.119 e. The summed E-state index contributed by atoms with van der Waals surface area (Å²) in [5.41, 5.74) is 9.23. The van der Waals surface area contributed by atoms with Crippen LogP contribution in [0.15, 0.2) is 18.2 Å². The molecule has 116 valence electrons. The predicted octanol–water partition coefficient (Wildman–Crippen LogP) is 4.61. The van der Waals surface area contributed by atoms with Gasteiger partial charge in [0.2, 0.25) is 0 Å². The highest BCUT2D eigenvalue weighted by molar-refractivity contribution is 5.36. The quantitative estimate of drug-likeness (QED) is 0.881. The normalized spacial score (nSPS) is 30.5. The maximum Gasteiger partial charge on any atom is 0.119 e. The molecule has 3 rings (SSSR count). The van der Waals surface area contributed by atoms with Gasteiger partial charge in [0, 0.05) is 6.04 Å². The van der Waals surface area contributed by atoms with Gasteiger partial charge in [-0.3, -0.25) is 0 Å². The van der Waals surface area contributed by atoms with Crippen molar-refractivity contribution < 1.29 is 4.74 Å². The number of aryl methyl sites for hydroxylation is 1. The number of methoxy groups -OCH3 is 1. The van der Waals surface area contributed by atoms with Gasteiger partial charge in [-0.15, -0.1) is 0 Å². The van der Waals surface area contributed by atoms with Crippen molar-refractivity contribution in [3.63, 3.8) is 0 Å². The topological polar surface area (TPSA) is 35.2 Å². The molecule has 0 aromatic heterocycles. The second-order valence-electron chi connectivity index (χ2n) is 7.13. The monoisotopic (exact) mass is 287 g/mol. The Hall–Kier alpha value is -1.02. The van der Waals surface area contributed by atoms with Crippen LogP contribution in [0.3, 0.4) is 0 Å². The molecule has 0 amide bonds. The molecular formula is C19H29NO. The van der Waals surface area contributed by atoms with E-state index in [1.807, 2.05) is 0 Å².